The summed E-state index contributed by atoms with van der Waals surface area (Å²) in [6, 6.07) is 13.5. The predicted molar refractivity (Wildman–Crippen MR) is 86.1 cm³/mol. The summed E-state index contributed by atoms with van der Waals surface area (Å²) in [6.45, 7) is 3.21. The number of rotatable bonds is 5. The standard InChI is InChI=1S/C16H17NS2/c1-12(9-14-5-4-8-18-14)17-10-13-11-19-16-7-3-2-6-15(13)16/h2-8,11-12,17H,9-10H2,1H3. The van der Waals surface area contributed by atoms with E-state index in [1.165, 1.54) is 20.5 Å². The SMILES string of the molecule is CC(Cc1cccs1)NCc1csc2ccccc12. The maximum atomic E-state index is 3.63. The molecule has 19 heavy (non-hydrogen) atoms. The van der Waals surface area contributed by atoms with Gasteiger partial charge in [-0.2, -0.15) is 0 Å². The summed E-state index contributed by atoms with van der Waals surface area (Å²) in [5.41, 5.74) is 1.42. The Balaban J connectivity index is 1.62. The third-order valence-electron chi connectivity index (χ3n) is 3.29. The Labute approximate surface area is 121 Å². The molecule has 0 aliphatic rings. The minimum atomic E-state index is 0.511. The van der Waals surface area contributed by atoms with E-state index in [-0.39, 0.29) is 0 Å². The Kier molecular flexibility index (Phi) is 3.97. The molecule has 1 atom stereocenters. The molecule has 0 fully saturated rings. The number of benzene rings is 1. The molecule has 1 aromatic carbocycles. The van der Waals surface area contributed by atoms with Crippen LogP contribution in [0.3, 0.4) is 0 Å². The van der Waals surface area contributed by atoms with Crippen LogP contribution in [0.4, 0.5) is 0 Å². The summed E-state index contributed by atoms with van der Waals surface area (Å²) in [5, 5.41) is 9.44. The molecule has 0 amide bonds. The number of hydrogen-bond acceptors (Lipinski definition) is 3. The van der Waals surface area contributed by atoms with E-state index in [1.54, 1.807) is 0 Å². The van der Waals surface area contributed by atoms with Gasteiger partial charge in [0.25, 0.3) is 0 Å². The van der Waals surface area contributed by atoms with Crippen LogP contribution in [0.5, 0.6) is 0 Å². The zero-order valence-corrected chi connectivity index (χ0v) is 12.6. The molecular formula is C16H17NS2. The van der Waals surface area contributed by atoms with Gasteiger partial charge >= 0.3 is 0 Å². The lowest BCUT2D eigenvalue weighted by Crippen LogP contribution is -2.27. The van der Waals surface area contributed by atoms with E-state index in [9.17, 15) is 0 Å². The van der Waals surface area contributed by atoms with Gasteiger partial charge in [0.1, 0.15) is 0 Å². The highest BCUT2D eigenvalue weighted by atomic mass is 32.1. The van der Waals surface area contributed by atoms with E-state index in [1.807, 2.05) is 22.7 Å². The maximum Gasteiger partial charge on any atom is 0.0346 e. The van der Waals surface area contributed by atoms with E-state index in [0.29, 0.717) is 6.04 Å². The summed E-state index contributed by atoms with van der Waals surface area (Å²) >= 11 is 3.67. The molecular weight excluding hydrogens is 270 g/mol. The third kappa shape index (κ3) is 3.06. The quantitative estimate of drug-likeness (QED) is 0.718. The van der Waals surface area contributed by atoms with Crippen molar-refractivity contribution >= 4 is 32.8 Å². The van der Waals surface area contributed by atoms with Crippen LogP contribution in [-0.2, 0) is 13.0 Å². The molecule has 0 spiro atoms. The van der Waals surface area contributed by atoms with Crippen LogP contribution < -0.4 is 5.32 Å². The highest BCUT2D eigenvalue weighted by Gasteiger charge is 2.07. The highest BCUT2D eigenvalue weighted by Crippen LogP contribution is 2.25. The third-order valence-corrected chi connectivity index (χ3v) is 5.20. The van der Waals surface area contributed by atoms with Gasteiger partial charge in [0, 0.05) is 22.2 Å². The first-order valence-electron chi connectivity index (χ1n) is 6.54. The molecule has 3 heteroatoms. The van der Waals surface area contributed by atoms with Crippen LogP contribution >= 0.6 is 22.7 Å². The van der Waals surface area contributed by atoms with Crippen molar-refractivity contribution < 1.29 is 0 Å². The van der Waals surface area contributed by atoms with E-state index in [4.69, 9.17) is 0 Å². The molecule has 3 aromatic rings. The van der Waals surface area contributed by atoms with E-state index < -0.39 is 0 Å². The molecule has 0 radical (unpaired) electrons. The fourth-order valence-corrected chi connectivity index (χ4v) is 4.05. The van der Waals surface area contributed by atoms with Gasteiger partial charge in [-0.15, -0.1) is 22.7 Å². The first kappa shape index (κ1) is 12.9. The fraction of sp³-hybridized carbons (Fsp3) is 0.250. The predicted octanol–water partition coefficient (Wildman–Crippen LogP) is 4.68. The molecule has 1 N–H and O–H groups in total. The normalized spacial score (nSPS) is 12.9. The number of fused-ring (bicyclic) bond motifs is 1. The maximum absolute atomic E-state index is 3.63. The van der Waals surface area contributed by atoms with Crippen molar-refractivity contribution in [2.75, 3.05) is 0 Å². The van der Waals surface area contributed by atoms with E-state index in [0.717, 1.165) is 13.0 Å². The highest BCUT2D eigenvalue weighted by molar-refractivity contribution is 7.17. The van der Waals surface area contributed by atoms with Gasteiger partial charge in [-0.3, -0.25) is 0 Å². The molecule has 3 rings (SSSR count). The van der Waals surface area contributed by atoms with Gasteiger partial charge in [0.15, 0.2) is 0 Å². The second kappa shape index (κ2) is 5.87. The first-order valence-corrected chi connectivity index (χ1v) is 8.30. The minimum absolute atomic E-state index is 0.511. The molecule has 98 valence electrons. The van der Waals surface area contributed by atoms with E-state index in [2.05, 4.69) is 59.4 Å². The summed E-state index contributed by atoms with van der Waals surface area (Å²) in [5.74, 6) is 0. The van der Waals surface area contributed by atoms with Gasteiger partial charge in [-0.1, -0.05) is 24.3 Å². The smallest absolute Gasteiger partial charge is 0.0346 e. The second-order valence-electron chi connectivity index (χ2n) is 4.82. The van der Waals surface area contributed by atoms with Crippen LogP contribution in [0, 0.1) is 0 Å². The Bertz CT molecular complexity index is 640. The minimum Gasteiger partial charge on any atom is -0.310 e. The fourth-order valence-electron chi connectivity index (χ4n) is 2.26. The summed E-state index contributed by atoms with van der Waals surface area (Å²) in [6.07, 6.45) is 1.11. The lowest BCUT2D eigenvalue weighted by molar-refractivity contribution is 0.550. The summed E-state index contributed by atoms with van der Waals surface area (Å²) in [4.78, 5) is 1.45. The van der Waals surface area contributed by atoms with Crippen LogP contribution in [0.1, 0.15) is 17.4 Å². The molecule has 0 saturated carbocycles. The average molecular weight is 287 g/mol. The Hall–Kier alpha value is -1.16. The van der Waals surface area contributed by atoms with Crippen LogP contribution in [0.25, 0.3) is 10.1 Å². The first-order chi connectivity index (χ1) is 9.33. The molecule has 2 heterocycles. The van der Waals surface area contributed by atoms with Crippen LogP contribution in [-0.4, -0.2) is 6.04 Å². The topological polar surface area (TPSA) is 12.0 Å². The monoisotopic (exact) mass is 287 g/mol. The largest absolute Gasteiger partial charge is 0.310 e. The van der Waals surface area contributed by atoms with Crippen molar-refractivity contribution in [3.63, 3.8) is 0 Å². The van der Waals surface area contributed by atoms with Crippen LogP contribution in [0.2, 0.25) is 0 Å². The van der Waals surface area contributed by atoms with Gasteiger partial charge < -0.3 is 5.32 Å². The zero-order valence-electron chi connectivity index (χ0n) is 10.9. The molecule has 1 unspecified atom stereocenters. The molecule has 0 bridgehead atoms. The number of thiophene rings is 2. The van der Waals surface area contributed by atoms with Crippen molar-refractivity contribution in [2.45, 2.75) is 25.9 Å². The average Bonchev–Trinajstić information content (AvgIpc) is 3.05. The lowest BCUT2D eigenvalue weighted by atomic mass is 10.1. The molecule has 0 saturated heterocycles. The van der Waals surface area contributed by atoms with Gasteiger partial charge in [0.05, 0.1) is 0 Å². The van der Waals surface area contributed by atoms with E-state index >= 15 is 0 Å². The van der Waals surface area contributed by atoms with Crippen LogP contribution in [0.15, 0.2) is 47.2 Å². The summed E-state index contributed by atoms with van der Waals surface area (Å²) < 4.78 is 1.38. The number of hydrogen-bond donors (Lipinski definition) is 1. The van der Waals surface area contributed by atoms with Crippen molar-refractivity contribution in [3.8, 4) is 0 Å². The Morgan fingerprint density at radius 2 is 2.00 bits per heavy atom. The van der Waals surface area contributed by atoms with Crippen molar-refractivity contribution in [1.29, 1.82) is 0 Å². The Morgan fingerprint density at radius 3 is 2.84 bits per heavy atom. The molecule has 0 aliphatic heterocycles. The zero-order chi connectivity index (χ0) is 13.1. The molecule has 1 nitrogen and oxygen atoms in total. The lowest BCUT2D eigenvalue weighted by Gasteiger charge is -2.12. The van der Waals surface area contributed by atoms with Gasteiger partial charge in [0.2, 0.25) is 0 Å². The van der Waals surface area contributed by atoms with Crippen molar-refractivity contribution in [1.82, 2.24) is 5.32 Å². The van der Waals surface area contributed by atoms with Crippen molar-refractivity contribution in [2.24, 2.45) is 0 Å². The molecule has 2 aromatic heterocycles. The van der Waals surface area contributed by atoms with Gasteiger partial charge in [-0.05, 0) is 47.2 Å². The number of nitrogens with one attached hydrogen (secondary N) is 1. The second-order valence-corrected chi connectivity index (χ2v) is 6.77. The summed E-state index contributed by atoms with van der Waals surface area (Å²) in [7, 11) is 0. The molecule has 0 aliphatic carbocycles. The van der Waals surface area contributed by atoms with Gasteiger partial charge in [-0.25, -0.2) is 0 Å². The van der Waals surface area contributed by atoms with Crippen molar-refractivity contribution in [3.05, 3.63) is 57.6 Å². The Morgan fingerprint density at radius 1 is 1.11 bits per heavy atom.